The summed E-state index contributed by atoms with van der Waals surface area (Å²) in [4.78, 5) is 4.94. The Balaban J connectivity index is 2.21. The Kier molecular flexibility index (Phi) is 4.18. The Hall–Kier alpha value is -1.44. The van der Waals surface area contributed by atoms with Gasteiger partial charge in [0.2, 0.25) is 0 Å². The van der Waals surface area contributed by atoms with E-state index in [1.54, 1.807) is 19.2 Å². The lowest BCUT2D eigenvalue weighted by Gasteiger charge is -2.09. The third-order valence-electron chi connectivity index (χ3n) is 2.69. The highest BCUT2D eigenvalue weighted by atomic mass is 32.2. The van der Waals surface area contributed by atoms with E-state index in [4.69, 9.17) is 0 Å². The van der Waals surface area contributed by atoms with Gasteiger partial charge in [-0.3, -0.25) is 0 Å². The molecule has 5 nitrogen and oxygen atoms in total. The van der Waals surface area contributed by atoms with Gasteiger partial charge in [0.25, 0.3) is 10.0 Å². The maximum Gasteiger partial charge on any atom is 0.260 e. The van der Waals surface area contributed by atoms with E-state index in [0.717, 1.165) is 10.4 Å². The number of thiophene rings is 1. The van der Waals surface area contributed by atoms with Gasteiger partial charge in [0.15, 0.2) is 5.03 Å². The second-order valence-corrected chi connectivity index (χ2v) is 6.64. The van der Waals surface area contributed by atoms with Crippen LogP contribution < -0.4 is 10.0 Å². The average molecular weight is 297 g/mol. The molecule has 0 atom stereocenters. The lowest BCUT2D eigenvalue weighted by Crippen LogP contribution is -2.25. The van der Waals surface area contributed by atoms with Crippen molar-refractivity contribution in [2.75, 3.05) is 12.4 Å². The second kappa shape index (κ2) is 5.68. The Morgan fingerprint density at radius 3 is 2.79 bits per heavy atom. The Bertz CT molecular complexity index is 665. The van der Waals surface area contributed by atoms with Crippen LogP contribution in [0.15, 0.2) is 34.8 Å². The van der Waals surface area contributed by atoms with Gasteiger partial charge in [0.05, 0.1) is 5.69 Å². The number of aromatic nitrogens is 1. The van der Waals surface area contributed by atoms with Gasteiger partial charge in [-0.15, -0.1) is 11.3 Å². The minimum Gasteiger partial charge on any atom is -0.386 e. The molecular formula is C12H15N3O2S2. The Morgan fingerprint density at radius 1 is 1.37 bits per heavy atom. The summed E-state index contributed by atoms with van der Waals surface area (Å²) < 4.78 is 27.0. The SMILES string of the molecule is CNc1cccnc1S(=O)(=O)NCc1sccc1C. The highest BCUT2D eigenvalue weighted by Gasteiger charge is 2.19. The molecule has 2 heterocycles. The molecule has 0 aromatic carbocycles. The van der Waals surface area contributed by atoms with E-state index >= 15 is 0 Å². The van der Waals surface area contributed by atoms with Crippen LogP contribution in [0, 0.1) is 6.92 Å². The molecular weight excluding hydrogens is 282 g/mol. The molecule has 2 aromatic rings. The van der Waals surface area contributed by atoms with Crippen LogP contribution >= 0.6 is 11.3 Å². The van der Waals surface area contributed by atoms with Gasteiger partial charge in [-0.25, -0.2) is 18.1 Å². The quantitative estimate of drug-likeness (QED) is 0.885. The molecule has 2 rings (SSSR count). The number of sulfonamides is 1. The van der Waals surface area contributed by atoms with Crippen LogP contribution in [-0.4, -0.2) is 20.4 Å². The number of nitrogens with one attached hydrogen (secondary N) is 2. The van der Waals surface area contributed by atoms with Crippen LogP contribution in [0.1, 0.15) is 10.4 Å². The maximum absolute atomic E-state index is 12.2. The van der Waals surface area contributed by atoms with Gasteiger partial charge in [-0.1, -0.05) is 0 Å². The Labute approximate surface area is 116 Å². The summed E-state index contributed by atoms with van der Waals surface area (Å²) >= 11 is 1.53. The highest BCUT2D eigenvalue weighted by Crippen LogP contribution is 2.19. The maximum atomic E-state index is 12.2. The van der Waals surface area contributed by atoms with Crippen molar-refractivity contribution >= 4 is 27.0 Å². The molecule has 0 bridgehead atoms. The van der Waals surface area contributed by atoms with Crippen LogP contribution in [0.5, 0.6) is 0 Å². The van der Waals surface area contributed by atoms with Crippen molar-refractivity contribution in [1.29, 1.82) is 0 Å². The van der Waals surface area contributed by atoms with Gasteiger partial charge < -0.3 is 5.32 Å². The normalized spacial score (nSPS) is 11.5. The molecule has 0 spiro atoms. The fourth-order valence-electron chi connectivity index (χ4n) is 1.61. The molecule has 0 saturated heterocycles. The number of nitrogens with zero attached hydrogens (tertiary/aromatic N) is 1. The molecule has 102 valence electrons. The molecule has 19 heavy (non-hydrogen) atoms. The monoisotopic (exact) mass is 297 g/mol. The number of pyridine rings is 1. The topological polar surface area (TPSA) is 71.1 Å². The molecule has 0 aliphatic carbocycles. The van der Waals surface area contributed by atoms with E-state index in [1.165, 1.54) is 17.5 Å². The van der Waals surface area contributed by atoms with Crippen molar-refractivity contribution in [2.45, 2.75) is 18.5 Å². The van der Waals surface area contributed by atoms with E-state index in [9.17, 15) is 8.42 Å². The average Bonchev–Trinajstić information content (AvgIpc) is 2.82. The van der Waals surface area contributed by atoms with Crippen LogP contribution in [0.25, 0.3) is 0 Å². The molecule has 2 N–H and O–H groups in total. The molecule has 0 aliphatic rings. The molecule has 2 aromatic heterocycles. The fourth-order valence-corrected chi connectivity index (χ4v) is 3.68. The van der Waals surface area contributed by atoms with E-state index in [0.29, 0.717) is 5.69 Å². The van der Waals surface area contributed by atoms with Crippen molar-refractivity contribution in [3.05, 3.63) is 40.2 Å². The molecule has 0 aliphatic heterocycles. The predicted octanol–water partition coefficient (Wildman–Crippen LogP) is 1.97. The standard InChI is InChI=1S/C12H15N3O2S2/c1-9-5-7-18-11(9)8-15-19(16,17)12-10(13-2)4-3-6-14-12/h3-7,13,15H,8H2,1-2H3. The first-order chi connectivity index (χ1) is 9.04. The van der Waals surface area contributed by atoms with Crippen LogP contribution in [0.2, 0.25) is 0 Å². The zero-order valence-electron chi connectivity index (χ0n) is 10.7. The van der Waals surface area contributed by atoms with Crippen LogP contribution in [0.4, 0.5) is 5.69 Å². The van der Waals surface area contributed by atoms with Gasteiger partial charge >= 0.3 is 0 Å². The number of hydrogen-bond acceptors (Lipinski definition) is 5. The fraction of sp³-hybridized carbons (Fsp3) is 0.250. The van der Waals surface area contributed by atoms with Gasteiger partial charge in [0, 0.05) is 24.7 Å². The zero-order chi connectivity index (χ0) is 13.9. The van der Waals surface area contributed by atoms with Crippen molar-refractivity contribution in [1.82, 2.24) is 9.71 Å². The van der Waals surface area contributed by atoms with E-state index < -0.39 is 10.0 Å². The summed E-state index contributed by atoms with van der Waals surface area (Å²) in [6.07, 6.45) is 1.46. The molecule has 0 radical (unpaired) electrons. The summed E-state index contributed by atoms with van der Waals surface area (Å²) in [7, 11) is -1.95. The lowest BCUT2D eigenvalue weighted by molar-refractivity contribution is 0.578. The van der Waals surface area contributed by atoms with Crippen LogP contribution in [-0.2, 0) is 16.6 Å². The number of aryl methyl sites for hydroxylation is 1. The predicted molar refractivity (Wildman–Crippen MR) is 76.9 cm³/mol. The third kappa shape index (κ3) is 3.12. The first kappa shape index (κ1) is 14.0. The van der Waals surface area contributed by atoms with Crippen LogP contribution in [0.3, 0.4) is 0 Å². The first-order valence-corrected chi connectivity index (χ1v) is 8.06. The van der Waals surface area contributed by atoms with Gasteiger partial charge in [-0.05, 0) is 36.1 Å². The Morgan fingerprint density at radius 2 is 2.16 bits per heavy atom. The second-order valence-electron chi connectivity index (χ2n) is 3.96. The number of anilines is 1. The largest absolute Gasteiger partial charge is 0.386 e. The molecule has 0 fully saturated rings. The minimum absolute atomic E-state index is 0.0201. The highest BCUT2D eigenvalue weighted by molar-refractivity contribution is 7.89. The summed E-state index contributed by atoms with van der Waals surface area (Å²) in [6.45, 7) is 2.24. The smallest absolute Gasteiger partial charge is 0.260 e. The van der Waals surface area contributed by atoms with Gasteiger partial charge in [-0.2, -0.15) is 0 Å². The summed E-state index contributed by atoms with van der Waals surface area (Å²) in [6, 6.07) is 5.33. The molecule has 0 saturated carbocycles. The van der Waals surface area contributed by atoms with Crippen molar-refractivity contribution in [2.24, 2.45) is 0 Å². The summed E-state index contributed by atoms with van der Waals surface area (Å²) in [5.41, 5.74) is 1.57. The molecule has 0 amide bonds. The molecule has 0 unspecified atom stereocenters. The lowest BCUT2D eigenvalue weighted by atomic mass is 10.3. The summed E-state index contributed by atoms with van der Waals surface area (Å²) in [5.74, 6) is 0. The van der Waals surface area contributed by atoms with Crippen molar-refractivity contribution in [3.63, 3.8) is 0 Å². The van der Waals surface area contributed by atoms with E-state index in [-0.39, 0.29) is 11.6 Å². The minimum atomic E-state index is -3.61. The first-order valence-electron chi connectivity index (χ1n) is 5.70. The summed E-state index contributed by atoms with van der Waals surface area (Å²) in [5, 5.41) is 4.79. The zero-order valence-corrected chi connectivity index (χ0v) is 12.3. The number of hydrogen-bond donors (Lipinski definition) is 2. The molecule has 7 heteroatoms. The van der Waals surface area contributed by atoms with Crippen molar-refractivity contribution in [3.8, 4) is 0 Å². The third-order valence-corrected chi connectivity index (χ3v) is 5.07. The number of rotatable bonds is 5. The van der Waals surface area contributed by atoms with E-state index in [2.05, 4.69) is 15.0 Å². The van der Waals surface area contributed by atoms with E-state index in [1.807, 2.05) is 18.4 Å². The van der Waals surface area contributed by atoms with Crippen molar-refractivity contribution < 1.29 is 8.42 Å². The van der Waals surface area contributed by atoms with Gasteiger partial charge in [0.1, 0.15) is 0 Å².